The van der Waals surface area contributed by atoms with Crippen LogP contribution in [0.2, 0.25) is 0 Å². The van der Waals surface area contributed by atoms with Crippen LogP contribution >= 0.6 is 0 Å². The molecule has 3 heteroatoms. The second-order valence-corrected chi connectivity index (χ2v) is 7.79. The summed E-state index contributed by atoms with van der Waals surface area (Å²) in [6, 6.07) is 19.7. The van der Waals surface area contributed by atoms with Crippen LogP contribution < -0.4 is 4.74 Å². The van der Waals surface area contributed by atoms with Gasteiger partial charge in [-0.2, -0.15) is 0 Å². The average Bonchev–Trinajstić information content (AvgIpc) is 2.80. The Morgan fingerprint density at radius 1 is 0.900 bits per heavy atom. The first-order chi connectivity index (χ1) is 14.6. The lowest BCUT2D eigenvalue weighted by Gasteiger charge is -2.28. The highest BCUT2D eigenvalue weighted by atomic mass is 16.5. The number of pyridine rings is 1. The molecule has 30 heavy (non-hydrogen) atoms. The van der Waals surface area contributed by atoms with Gasteiger partial charge in [0.15, 0.2) is 0 Å². The molecule has 3 rings (SSSR count). The molecule has 1 aromatic heterocycles. The topological polar surface area (TPSA) is 25.4 Å². The Bertz CT molecular complexity index is 930. The number of nitrogens with zero attached hydrogens (tertiary/aromatic N) is 2. The quantitative estimate of drug-likeness (QED) is 0.410. The van der Waals surface area contributed by atoms with E-state index in [-0.39, 0.29) is 0 Å². The van der Waals surface area contributed by atoms with Crippen LogP contribution in [0.1, 0.15) is 55.5 Å². The first-order valence-electron chi connectivity index (χ1n) is 11.0. The molecule has 0 aliphatic rings. The van der Waals surface area contributed by atoms with Crippen LogP contribution in [-0.4, -0.2) is 24.0 Å². The number of hydrogen-bond acceptors (Lipinski definition) is 3. The van der Waals surface area contributed by atoms with Gasteiger partial charge in [-0.15, -0.1) is 0 Å². The van der Waals surface area contributed by atoms with Crippen LogP contribution in [0.25, 0.3) is 11.3 Å². The van der Waals surface area contributed by atoms with Gasteiger partial charge in [0.05, 0.1) is 12.8 Å². The standard InChI is InChI=1S/C27H34N2O/c1-6-20-15-12-16-21(7-2)27(20)24-17-26(30-5)23(18-28-24)19-29(4)25(8-3)22-13-10-9-11-14-22/h9-18,25H,6-8,19H2,1-5H3. The summed E-state index contributed by atoms with van der Waals surface area (Å²) in [6.45, 7) is 7.43. The highest BCUT2D eigenvalue weighted by molar-refractivity contribution is 5.69. The zero-order chi connectivity index (χ0) is 21.5. The zero-order valence-corrected chi connectivity index (χ0v) is 19.0. The van der Waals surface area contributed by atoms with Crippen LogP contribution in [0.5, 0.6) is 5.75 Å². The van der Waals surface area contributed by atoms with Gasteiger partial charge in [0.25, 0.3) is 0 Å². The Hall–Kier alpha value is -2.65. The monoisotopic (exact) mass is 402 g/mol. The Labute approximate surface area is 181 Å². The summed E-state index contributed by atoms with van der Waals surface area (Å²) in [5.41, 5.74) is 7.40. The number of methoxy groups -OCH3 is 1. The molecule has 0 N–H and O–H groups in total. The number of rotatable bonds is 9. The minimum atomic E-state index is 0.364. The van der Waals surface area contributed by atoms with Crippen LogP contribution in [0.4, 0.5) is 0 Å². The highest BCUT2D eigenvalue weighted by Gasteiger charge is 2.18. The molecule has 3 aromatic rings. The Morgan fingerprint density at radius 2 is 1.57 bits per heavy atom. The molecule has 0 bridgehead atoms. The Morgan fingerprint density at radius 3 is 2.13 bits per heavy atom. The van der Waals surface area contributed by atoms with Crippen molar-refractivity contribution in [1.29, 1.82) is 0 Å². The average molecular weight is 403 g/mol. The fourth-order valence-electron chi connectivity index (χ4n) is 4.34. The van der Waals surface area contributed by atoms with Crippen molar-refractivity contribution in [2.75, 3.05) is 14.2 Å². The number of hydrogen-bond donors (Lipinski definition) is 0. The Kier molecular flexibility index (Phi) is 7.64. The molecule has 1 unspecified atom stereocenters. The third kappa shape index (κ3) is 4.73. The van der Waals surface area contributed by atoms with E-state index in [9.17, 15) is 0 Å². The molecule has 0 saturated carbocycles. The van der Waals surface area contributed by atoms with Crippen LogP contribution in [0.15, 0.2) is 60.8 Å². The fraction of sp³-hybridized carbons (Fsp3) is 0.370. The van der Waals surface area contributed by atoms with Crippen LogP contribution in [0, 0.1) is 0 Å². The molecule has 158 valence electrons. The van der Waals surface area contributed by atoms with E-state index in [2.05, 4.69) is 87.3 Å². The lowest BCUT2D eigenvalue weighted by atomic mass is 9.94. The van der Waals surface area contributed by atoms with Crippen molar-refractivity contribution in [2.24, 2.45) is 0 Å². The number of aryl methyl sites for hydroxylation is 2. The summed E-state index contributed by atoms with van der Waals surface area (Å²) in [5.74, 6) is 0.905. The van der Waals surface area contributed by atoms with Crippen molar-refractivity contribution in [3.8, 4) is 17.0 Å². The van der Waals surface area contributed by atoms with Gasteiger partial charge in [-0.1, -0.05) is 69.3 Å². The molecule has 0 spiro atoms. The molecule has 0 aliphatic heterocycles. The van der Waals surface area contributed by atoms with E-state index in [1.165, 1.54) is 22.3 Å². The normalized spacial score (nSPS) is 12.2. The molecular weight excluding hydrogens is 368 g/mol. The van der Waals surface area contributed by atoms with Crippen molar-refractivity contribution >= 4 is 0 Å². The smallest absolute Gasteiger partial charge is 0.127 e. The SMILES string of the molecule is CCc1cccc(CC)c1-c1cc(OC)c(CN(C)C(CC)c2ccccc2)cn1. The van der Waals surface area contributed by atoms with E-state index in [0.717, 1.165) is 42.8 Å². The lowest BCUT2D eigenvalue weighted by Crippen LogP contribution is -2.24. The summed E-state index contributed by atoms with van der Waals surface area (Å²) >= 11 is 0. The molecule has 0 radical (unpaired) electrons. The van der Waals surface area contributed by atoms with E-state index in [1.807, 2.05) is 6.20 Å². The molecule has 0 saturated heterocycles. The van der Waals surface area contributed by atoms with Crippen molar-refractivity contribution in [1.82, 2.24) is 9.88 Å². The predicted molar refractivity (Wildman–Crippen MR) is 126 cm³/mol. The second kappa shape index (κ2) is 10.4. The number of aromatic nitrogens is 1. The van der Waals surface area contributed by atoms with Gasteiger partial charge in [-0.25, -0.2) is 0 Å². The third-order valence-electron chi connectivity index (χ3n) is 5.94. The molecule has 0 aliphatic carbocycles. The van der Waals surface area contributed by atoms with Crippen molar-refractivity contribution in [3.05, 3.63) is 83.0 Å². The molecule has 2 aromatic carbocycles. The second-order valence-electron chi connectivity index (χ2n) is 7.79. The van der Waals surface area contributed by atoms with Crippen molar-refractivity contribution in [2.45, 2.75) is 52.6 Å². The highest BCUT2D eigenvalue weighted by Crippen LogP contribution is 2.33. The van der Waals surface area contributed by atoms with E-state index in [1.54, 1.807) is 7.11 Å². The maximum atomic E-state index is 5.81. The Balaban J connectivity index is 1.92. The van der Waals surface area contributed by atoms with Gasteiger partial charge in [0, 0.05) is 36.0 Å². The van der Waals surface area contributed by atoms with Crippen molar-refractivity contribution < 1.29 is 4.74 Å². The molecular formula is C27H34N2O. The molecule has 1 heterocycles. The number of benzene rings is 2. The first-order valence-corrected chi connectivity index (χ1v) is 11.0. The first kappa shape index (κ1) is 22.0. The van der Waals surface area contributed by atoms with E-state index in [4.69, 9.17) is 9.72 Å². The van der Waals surface area contributed by atoms with Gasteiger partial charge in [-0.3, -0.25) is 9.88 Å². The largest absolute Gasteiger partial charge is 0.496 e. The fourth-order valence-corrected chi connectivity index (χ4v) is 4.34. The van der Waals surface area contributed by atoms with Crippen LogP contribution in [-0.2, 0) is 19.4 Å². The van der Waals surface area contributed by atoms with E-state index >= 15 is 0 Å². The summed E-state index contributed by atoms with van der Waals surface area (Å²) in [5, 5.41) is 0. The van der Waals surface area contributed by atoms with Gasteiger partial charge < -0.3 is 4.74 Å². The van der Waals surface area contributed by atoms with Gasteiger partial charge in [-0.05, 0) is 43.0 Å². The minimum absolute atomic E-state index is 0.364. The maximum Gasteiger partial charge on any atom is 0.127 e. The summed E-state index contributed by atoms with van der Waals surface area (Å²) in [4.78, 5) is 7.26. The zero-order valence-electron chi connectivity index (χ0n) is 19.0. The third-order valence-corrected chi connectivity index (χ3v) is 5.94. The summed E-state index contributed by atoms with van der Waals surface area (Å²) in [6.07, 6.45) is 5.03. The maximum absolute atomic E-state index is 5.81. The van der Waals surface area contributed by atoms with Gasteiger partial charge in [0.1, 0.15) is 5.75 Å². The predicted octanol–water partition coefficient (Wildman–Crippen LogP) is 6.47. The summed E-state index contributed by atoms with van der Waals surface area (Å²) < 4.78 is 5.81. The van der Waals surface area contributed by atoms with Gasteiger partial charge in [0.2, 0.25) is 0 Å². The van der Waals surface area contributed by atoms with Crippen molar-refractivity contribution in [3.63, 3.8) is 0 Å². The molecule has 0 amide bonds. The summed E-state index contributed by atoms with van der Waals surface area (Å²) in [7, 11) is 3.93. The molecule has 3 nitrogen and oxygen atoms in total. The molecule has 1 atom stereocenters. The van der Waals surface area contributed by atoms with Gasteiger partial charge >= 0.3 is 0 Å². The van der Waals surface area contributed by atoms with E-state index in [0.29, 0.717) is 6.04 Å². The minimum Gasteiger partial charge on any atom is -0.496 e. The lowest BCUT2D eigenvalue weighted by molar-refractivity contribution is 0.227. The molecule has 0 fully saturated rings. The van der Waals surface area contributed by atoms with Crippen LogP contribution in [0.3, 0.4) is 0 Å². The van der Waals surface area contributed by atoms with E-state index < -0.39 is 0 Å². The number of ether oxygens (including phenoxy) is 1.